The van der Waals surface area contributed by atoms with Crippen LogP contribution in [0.2, 0.25) is 0 Å². The summed E-state index contributed by atoms with van der Waals surface area (Å²) >= 11 is 1.18. The number of hydrogen-bond donors (Lipinski definition) is 0. The van der Waals surface area contributed by atoms with Gasteiger partial charge in [0.15, 0.2) is 0 Å². The summed E-state index contributed by atoms with van der Waals surface area (Å²) in [7, 11) is 0. The Balaban J connectivity index is 0.855. The van der Waals surface area contributed by atoms with Crippen molar-refractivity contribution in [1.82, 2.24) is 13.3 Å². The molecule has 4 heterocycles. The standard InChI is InChI=1S/C60H34F2N4O2S/c61-40-17-28-52-50(33-40)51-34-41(62)18-29-53(51)66(52)44-23-13-37(14-24-44)45-27-30-54(60-59(45)63-69-64-60)65(42-19-9-35(10-20-42)38-15-25-48-46-5-1-3-7-55(46)67-57(48)31-38)43-21-11-36(12-22-43)39-16-26-49-47-6-2-4-8-56(47)68-58(49)32-39/h1-34H. The third-order valence-corrected chi connectivity index (χ3v) is 14.0. The zero-order valence-electron chi connectivity index (χ0n) is 36.4. The number of halogens is 2. The number of hydrogen-bond acceptors (Lipinski definition) is 6. The second-order valence-corrected chi connectivity index (χ2v) is 17.9. The molecule has 0 amide bonds. The summed E-state index contributed by atoms with van der Waals surface area (Å²) in [6.45, 7) is 0. The molecule has 0 bridgehead atoms. The summed E-state index contributed by atoms with van der Waals surface area (Å²) in [5.41, 5.74) is 16.4. The minimum absolute atomic E-state index is 0.368. The first kappa shape index (κ1) is 39.3. The Morgan fingerprint density at radius 1 is 0.391 bits per heavy atom. The summed E-state index contributed by atoms with van der Waals surface area (Å²) in [6, 6.07) is 68.0. The third kappa shape index (κ3) is 6.35. The van der Waals surface area contributed by atoms with Crippen molar-refractivity contribution in [3.8, 4) is 39.1 Å². The van der Waals surface area contributed by atoms with Gasteiger partial charge in [-0.15, -0.1) is 0 Å². The Morgan fingerprint density at radius 3 is 1.42 bits per heavy atom. The van der Waals surface area contributed by atoms with Gasteiger partial charge in [0, 0.05) is 54.9 Å². The van der Waals surface area contributed by atoms with Crippen LogP contribution >= 0.6 is 11.7 Å². The minimum atomic E-state index is -0.368. The van der Waals surface area contributed by atoms with Gasteiger partial charge in [0.1, 0.15) is 45.0 Å². The molecular formula is C60H34F2N4O2S. The summed E-state index contributed by atoms with van der Waals surface area (Å²) in [5.74, 6) is -0.736. The first-order valence-corrected chi connectivity index (χ1v) is 23.3. The molecule has 0 saturated heterocycles. The van der Waals surface area contributed by atoms with Crippen LogP contribution in [0.1, 0.15) is 0 Å². The van der Waals surface area contributed by atoms with Gasteiger partial charge in [-0.05, 0) is 149 Å². The maximum atomic E-state index is 14.5. The zero-order chi connectivity index (χ0) is 45.7. The van der Waals surface area contributed by atoms with Crippen molar-refractivity contribution < 1.29 is 17.6 Å². The van der Waals surface area contributed by atoms with Gasteiger partial charge in [-0.3, -0.25) is 0 Å². The highest BCUT2D eigenvalue weighted by Crippen LogP contribution is 2.44. The summed E-state index contributed by atoms with van der Waals surface area (Å²) in [4.78, 5) is 2.24. The first-order chi connectivity index (χ1) is 34.0. The Hall–Kier alpha value is -8.92. The molecule has 0 aliphatic carbocycles. The molecule has 14 rings (SSSR count). The first-order valence-electron chi connectivity index (χ1n) is 22.6. The molecule has 326 valence electrons. The molecule has 0 atom stereocenters. The van der Waals surface area contributed by atoms with Gasteiger partial charge < -0.3 is 18.3 Å². The molecular weight excluding hydrogens is 879 g/mol. The van der Waals surface area contributed by atoms with Gasteiger partial charge in [0.25, 0.3) is 0 Å². The molecule has 0 unspecified atom stereocenters. The molecule has 14 aromatic rings. The van der Waals surface area contributed by atoms with E-state index in [0.717, 1.165) is 122 Å². The summed E-state index contributed by atoms with van der Waals surface area (Å²) in [6.07, 6.45) is 0. The van der Waals surface area contributed by atoms with Crippen LogP contribution in [0.5, 0.6) is 0 Å². The molecule has 0 radical (unpaired) electrons. The molecule has 0 aliphatic heterocycles. The van der Waals surface area contributed by atoms with E-state index in [4.69, 9.17) is 17.6 Å². The molecule has 0 aliphatic rings. The van der Waals surface area contributed by atoms with Crippen molar-refractivity contribution in [2.45, 2.75) is 0 Å². The fourth-order valence-electron chi connectivity index (χ4n) is 10.1. The monoisotopic (exact) mass is 912 g/mol. The van der Waals surface area contributed by atoms with Gasteiger partial charge in [0.05, 0.1) is 28.4 Å². The number of fused-ring (bicyclic) bond motifs is 10. The Labute approximate surface area is 396 Å². The van der Waals surface area contributed by atoms with Gasteiger partial charge in [-0.1, -0.05) is 84.9 Å². The number of aromatic nitrogens is 3. The van der Waals surface area contributed by atoms with Crippen molar-refractivity contribution in [2.75, 3.05) is 4.90 Å². The van der Waals surface area contributed by atoms with Gasteiger partial charge in [-0.25, -0.2) is 8.78 Å². The van der Waals surface area contributed by atoms with E-state index in [2.05, 4.69) is 126 Å². The lowest BCUT2D eigenvalue weighted by Crippen LogP contribution is -2.10. The van der Waals surface area contributed by atoms with Crippen LogP contribution in [0.25, 0.3) is 116 Å². The molecule has 0 saturated carbocycles. The Bertz CT molecular complexity index is 4120. The van der Waals surface area contributed by atoms with Crippen LogP contribution in [-0.2, 0) is 0 Å². The van der Waals surface area contributed by atoms with E-state index in [1.54, 1.807) is 12.1 Å². The number of para-hydroxylation sites is 2. The molecule has 4 aromatic heterocycles. The SMILES string of the molecule is Fc1ccc2c(c1)c1cc(F)ccc1n2-c1ccc(-c2ccc(N(c3ccc(-c4ccc5c(c4)oc4ccccc45)cc3)c3ccc(-c4ccc5c(c4)oc4ccccc45)cc3)c3nsnc23)cc1. The minimum Gasteiger partial charge on any atom is -0.456 e. The summed E-state index contributed by atoms with van der Waals surface area (Å²) in [5, 5.41) is 5.71. The van der Waals surface area contributed by atoms with Crippen molar-refractivity contribution in [1.29, 1.82) is 0 Å². The smallest absolute Gasteiger partial charge is 0.136 e. The van der Waals surface area contributed by atoms with Gasteiger partial charge in [-0.2, -0.15) is 8.75 Å². The van der Waals surface area contributed by atoms with Crippen LogP contribution in [-0.4, -0.2) is 13.3 Å². The fourth-order valence-corrected chi connectivity index (χ4v) is 10.7. The van der Waals surface area contributed by atoms with Crippen molar-refractivity contribution in [3.05, 3.63) is 218 Å². The highest BCUT2D eigenvalue weighted by Gasteiger charge is 2.22. The van der Waals surface area contributed by atoms with Crippen LogP contribution in [0, 0.1) is 11.6 Å². The highest BCUT2D eigenvalue weighted by molar-refractivity contribution is 7.00. The average molecular weight is 913 g/mol. The molecule has 10 aromatic carbocycles. The zero-order valence-corrected chi connectivity index (χ0v) is 37.2. The maximum Gasteiger partial charge on any atom is 0.136 e. The third-order valence-electron chi connectivity index (χ3n) is 13.4. The quantitative estimate of drug-likeness (QED) is 0.159. The van der Waals surface area contributed by atoms with E-state index in [1.807, 2.05) is 53.1 Å². The second-order valence-electron chi connectivity index (χ2n) is 17.3. The van der Waals surface area contributed by atoms with E-state index < -0.39 is 0 Å². The average Bonchev–Trinajstić information content (AvgIpc) is 4.19. The number of furan rings is 2. The molecule has 0 N–H and O–H groups in total. The van der Waals surface area contributed by atoms with E-state index in [-0.39, 0.29) is 11.6 Å². The van der Waals surface area contributed by atoms with Crippen molar-refractivity contribution in [3.63, 3.8) is 0 Å². The van der Waals surface area contributed by atoms with E-state index in [0.29, 0.717) is 10.8 Å². The van der Waals surface area contributed by atoms with Gasteiger partial charge >= 0.3 is 0 Å². The predicted molar refractivity (Wildman–Crippen MR) is 277 cm³/mol. The topological polar surface area (TPSA) is 60.2 Å². The van der Waals surface area contributed by atoms with E-state index in [1.165, 1.54) is 36.0 Å². The number of benzene rings is 10. The molecule has 6 nitrogen and oxygen atoms in total. The molecule has 0 fully saturated rings. The molecule has 9 heteroatoms. The predicted octanol–water partition coefficient (Wildman–Crippen LogP) is 17.3. The largest absolute Gasteiger partial charge is 0.456 e. The van der Waals surface area contributed by atoms with Crippen LogP contribution < -0.4 is 4.90 Å². The van der Waals surface area contributed by atoms with Crippen molar-refractivity contribution in [2.24, 2.45) is 0 Å². The lowest BCUT2D eigenvalue weighted by Gasteiger charge is -2.26. The van der Waals surface area contributed by atoms with Crippen LogP contribution in [0.3, 0.4) is 0 Å². The highest BCUT2D eigenvalue weighted by atomic mass is 32.1. The lowest BCUT2D eigenvalue weighted by atomic mass is 10.0. The van der Waals surface area contributed by atoms with Crippen molar-refractivity contribution >= 4 is 106 Å². The van der Waals surface area contributed by atoms with Gasteiger partial charge in [0.2, 0.25) is 0 Å². The maximum absolute atomic E-state index is 14.5. The van der Waals surface area contributed by atoms with E-state index in [9.17, 15) is 8.78 Å². The lowest BCUT2D eigenvalue weighted by molar-refractivity contribution is 0.628. The Kier molecular flexibility index (Phi) is 8.71. The number of anilines is 3. The number of nitrogens with zero attached hydrogens (tertiary/aromatic N) is 4. The Morgan fingerprint density at radius 2 is 0.870 bits per heavy atom. The van der Waals surface area contributed by atoms with Crippen LogP contribution in [0.4, 0.5) is 25.8 Å². The normalized spacial score (nSPS) is 11.9. The molecule has 69 heavy (non-hydrogen) atoms. The number of rotatable bonds is 7. The second kappa shape index (κ2) is 15.3. The molecule has 0 spiro atoms. The fraction of sp³-hybridized carbons (Fsp3) is 0. The van der Waals surface area contributed by atoms with E-state index >= 15 is 0 Å². The van der Waals surface area contributed by atoms with Crippen LogP contribution in [0.15, 0.2) is 215 Å². The summed E-state index contributed by atoms with van der Waals surface area (Å²) < 4.78 is 53.3.